The Hall–Kier alpha value is -1.88. The molecule has 0 saturated carbocycles. The second kappa shape index (κ2) is 9.20. The molecule has 1 heterocycles. The maximum absolute atomic E-state index is 11.8. The number of rotatable bonds is 6. The number of phenolic OH excluding ortho intramolecular Hbond substituents is 1. The van der Waals surface area contributed by atoms with Gasteiger partial charge in [0.2, 0.25) is 5.91 Å². The van der Waals surface area contributed by atoms with Gasteiger partial charge < -0.3 is 27.4 Å². The number of benzene rings is 1. The zero-order valence-corrected chi connectivity index (χ0v) is 14.2. The first-order valence-electron chi connectivity index (χ1n) is 7.19. The van der Waals surface area contributed by atoms with Crippen molar-refractivity contribution in [3.8, 4) is 5.75 Å². The molecule has 22 heavy (non-hydrogen) atoms. The molecule has 0 aliphatic heterocycles. The molecule has 0 radical (unpaired) electrons. The highest BCUT2D eigenvalue weighted by molar-refractivity contribution is 5.92. The Morgan fingerprint density at radius 1 is 1.18 bits per heavy atom. The van der Waals surface area contributed by atoms with Crippen LogP contribution in [0.25, 0.3) is 0 Å². The Bertz CT molecular complexity index is 603. The number of amides is 1. The third kappa shape index (κ3) is 5.85. The zero-order valence-electron chi connectivity index (χ0n) is 12.6. The van der Waals surface area contributed by atoms with Crippen LogP contribution in [-0.4, -0.2) is 11.0 Å². The summed E-state index contributed by atoms with van der Waals surface area (Å²) in [5.74, 6) is 0.0513. The Morgan fingerprint density at radius 2 is 1.91 bits per heavy atom. The van der Waals surface area contributed by atoms with E-state index < -0.39 is 0 Å². The van der Waals surface area contributed by atoms with Crippen LogP contribution < -0.4 is 26.9 Å². The number of aromatic nitrogens is 1. The number of carbonyl (C=O) groups is 1. The van der Waals surface area contributed by atoms with E-state index in [0.29, 0.717) is 12.1 Å². The van der Waals surface area contributed by atoms with Crippen LogP contribution in [0.1, 0.15) is 24.8 Å². The summed E-state index contributed by atoms with van der Waals surface area (Å²) in [5, 5.41) is 12.5. The number of aryl methyl sites for hydroxylation is 2. The van der Waals surface area contributed by atoms with E-state index in [-0.39, 0.29) is 28.6 Å². The molecule has 5 heteroatoms. The fourth-order valence-electron chi connectivity index (χ4n) is 2.12. The summed E-state index contributed by atoms with van der Waals surface area (Å²) in [6, 6.07) is 11.2. The van der Waals surface area contributed by atoms with E-state index in [9.17, 15) is 9.90 Å². The van der Waals surface area contributed by atoms with Gasteiger partial charge in [0.15, 0.2) is 12.4 Å². The lowest BCUT2D eigenvalue weighted by Crippen LogP contribution is -3.00. The minimum Gasteiger partial charge on any atom is -1.00 e. The van der Waals surface area contributed by atoms with E-state index in [2.05, 4.69) is 9.88 Å². The number of hydrogen-bond acceptors (Lipinski definition) is 2. The van der Waals surface area contributed by atoms with Crippen molar-refractivity contribution in [2.24, 2.45) is 0 Å². The van der Waals surface area contributed by atoms with Gasteiger partial charge in [0.25, 0.3) is 0 Å². The molecule has 2 rings (SSSR count). The van der Waals surface area contributed by atoms with Gasteiger partial charge >= 0.3 is 0 Å². The largest absolute Gasteiger partial charge is 1.00 e. The molecule has 4 nitrogen and oxygen atoms in total. The molecule has 0 fully saturated rings. The van der Waals surface area contributed by atoms with Gasteiger partial charge in [-0.25, -0.2) is 4.57 Å². The molecule has 0 saturated heterocycles. The minimum atomic E-state index is -0.0628. The number of anilines is 1. The summed E-state index contributed by atoms with van der Waals surface area (Å²) < 4.78 is 2.10. The third-order valence-corrected chi connectivity index (χ3v) is 3.27. The van der Waals surface area contributed by atoms with Crippen molar-refractivity contribution < 1.29 is 31.4 Å². The fraction of sp³-hybridized carbons (Fsp3) is 0.294. The Kier molecular flexibility index (Phi) is 7.60. The smallest absolute Gasteiger partial charge is 0.224 e. The Balaban J connectivity index is 0.00000242. The van der Waals surface area contributed by atoms with E-state index >= 15 is 0 Å². The highest BCUT2D eigenvalue weighted by Gasteiger charge is 2.07. The molecule has 0 aliphatic rings. The molecule has 0 unspecified atom stereocenters. The first-order chi connectivity index (χ1) is 10.1. The first kappa shape index (κ1) is 18.2. The number of aromatic hydroxyl groups is 1. The van der Waals surface area contributed by atoms with Gasteiger partial charge in [0.1, 0.15) is 12.3 Å². The molecular weight excluding hydrogens is 344 g/mol. The topological polar surface area (TPSA) is 53.2 Å². The maximum Gasteiger partial charge on any atom is 0.224 e. The molecule has 1 aromatic heterocycles. The summed E-state index contributed by atoms with van der Waals surface area (Å²) in [7, 11) is 0. The number of unbranched alkanes of at least 4 members (excludes halogenated alkanes) is 1. The van der Waals surface area contributed by atoms with Crippen molar-refractivity contribution in [2.45, 2.75) is 32.7 Å². The SMILES string of the molecule is Cc1ccc(NC(=O)CCCC[n+]2ccccc2)c(O)c1.[Br-]. The van der Waals surface area contributed by atoms with Gasteiger partial charge in [0.05, 0.1) is 5.69 Å². The first-order valence-corrected chi connectivity index (χ1v) is 7.19. The van der Waals surface area contributed by atoms with Crippen LogP contribution in [0.2, 0.25) is 0 Å². The van der Waals surface area contributed by atoms with Crippen molar-refractivity contribution >= 4 is 11.6 Å². The molecule has 0 spiro atoms. The molecule has 1 aromatic carbocycles. The molecule has 0 bridgehead atoms. The van der Waals surface area contributed by atoms with Crippen molar-refractivity contribution in [3.63, 3.8) is 0 Å². The molecule has 118 valence electrons. The van der Waals surface area contributed by atoms with Crippen molar-refractivity contribution in [3.05, 3.63) is 54.4 Å². The number of nitrogens with zero attached hydrogens (tertiary/aromatic N) is 1. The van der Waals surface area contributed by atoms with E-state index in [1.807, 2.05) is 43.6 Å². The standard InChI is InChI=1S/C17H20N2O2.BrH/c1-14-8-9-15(16(20)13-14)18-17(21)7-3-6-12-19-10-4-2-5-11-19;/h2,4-5,8-11,13H,3,6-7,12H2,1H3,(H-,18,20,21);1H. The van der Waals surface area contributed by atoms with Gasteiger partial charge in [-0.2, -0.15) is 0 Å². The number of halogens is 1. The quantitative estimate of drug-likeness (QED) is 0.423. The molecule has 2 aromatic rings. The predicted molar refractivity (Wildman–Crippen MR) is 82.0 cm³/mol. The van der Waals surface area contributed by atoms with Crippen LogP contribution in [0.5, 0.6) is 5.75 Å². The van der Waals surface area contributed by atoms with Crippen molar-refractivity contribution in [1.82, 2.24) is 0 Å². The monoisotopic (exact) mass is 364 g/mol. The number of hydrogen-bond donors (Lipinski definition) is 2. The average molecular weight is 365 g/mol. The summed E-state index contributed by atoms with van der Waals surface area (Å²) >= 11 is 0. The predicted octanol–water partition coefficient (Wildman–Crippen LogP) is -0.199. The van der Waals surface area contributed by atoms with Crippen molar-refractivity contribution in [1.29, 1.82) is 0 Å². The summed E-state index contributed by atoms with van der Waals surface area (Å²) in [4.78, 5) is 11.8. The van der Waals surface area contributed by atoms with Crippen LogP contribution in [0.3, 0.4) is 0 Å². The van der Waals surface area contributed by atoms with E-state index in [1.165, 1.54) is 0 Å². The maximum atomic E-state index is 11.8. The van der Waals surface area contributed by atoms with E-state index in [0.717, 1.165) is 24.9 Å². The van der Waals surface area contributed by atoms with Gasteiger partial charge in [-0.1, -0.05) is 12.1 Å². The lowest BCUT2D eigenvalue weighted by atomic mass is 10.2. The highest BCUT2D eigenvalue weighted by Crippen LogP contribution is 2.23. The molecule has 0 aliphatic carbocycles. The average Bonchev–Trinajstić information content (AvgIpc) is 2.48. The normalized spacial score (nSPS) is 9.86. The number of phenols is 1. The second-order valence-corrected chi connectivity index (χ2v) is 5.14. The number of carbonyl (C=O) groups excluding carboxylic acids is 1. The van der Waals surface area contributed by atoms with Crippen LogP contribution in [0.15, 0.2) is 48.8 Å². The van der Waals surface area contributed by atoms with Gasteiger partial charge in [0, 0.05) is 25.0 Å². The number of nitrogens with one attached hydrogen (secondary N) is 1. The van der Waals surface area contributed by atoms with Crippen LogP contribution in [0, 0.1) is 6.92 Å². The summed E-state index contributed by atoms with van der Waals surface area (Å²) in [6.07, 6.45) is 6.26. The highest BCUT2D eigenvalue weighted by atomic mass is 79.9. The molecule has 2 N–H and O–H groups in total. The second-order valence-electron chi connectivity index (χ2n) is 5.14. The van der Waals surface area contributed by atoms with Gasteiger partial charge in [-0.05, 0) is 31.0 Å². The third-order valence-electron chi connectivity index (χ3n) is 3.27. The lowest BCUT2D eigenvalue weighted by Gasteiger charge is -2.07. The molecule has 1 amide bonds. The van der Waals surface area contributed by atoms with Crippen molar-refractivity contribution in [2.75, 3.05) is 5.32 Å². The lowest BCUT2D eigenvalue weighted by molar-refractivity contribution is -0.697. The number of pyridine rings is 1. The van der Waals surface area contributed by atoms with Gasteiger partial charge in [-0.3, -0.25) is 4.79 Å². The minimum absolute atomic E-state index is 0. The van der Waals surface area contributed by atoms with Gasteiger partial charge in [-0.15, -0.1) is 0 Å². The Labute approximate surface area is 141 Å². The zero-order chi connectivity index (χ0) is 15.1. The summed E-state index contributed by atoms with van der Waals surface area (Å²) in [5.41, 5.74) is 1.44. The van der Waals surface area contributed by atoms with Crippen LogP contribution in [0.4, 0.5) is 5.69 Å². The van der Waals surface area contributed by atoms with E-state index in [1.54, 1.807) is 12.1 Å². The van der Waals surface area contributed by atoms with Crippen LogP contribution >= 0.6 is 0 Å². The Morgan fingerprint density at radius 3 is 2.59 bits per heavy atom. The summed E-state index contributed by atoms with van der Waals surface area (Å²) in [6.45, 7) is 2.80. The fourth-order valence-corrected chi connectivity index (χ4v) is 2.12. The molecular formula is C17H21BrN2O2. The molecule has 0 atom stereocenters. The van der Waals surface area contributed by atoms with E-state index in [4.69, 9.17) is 0 Å². The van der Waals surface area contributed by atoms with Crippen LogP contribution in [-0.2, 0) is 11.3 Å².